The molecule has 3 aliphatic carbocycles. The maximum Gasteiger partial charge on any atom is 0.152 e. The Morgan fingerprint density at radius 3 is 2.50 bits per heavy atom. The Bertz CT molecular complexity index is 614. The standard InChI is InChI=1S/C24H42O5S/c1-16-8-10-24-11-9-18(28-6)20(24)23(16,4)19(29-15-27-5)14-22(3,21(26)17(24)2)30-13-7-12-25/h16-20,25H,7-15H2,1-6H3/t16-,17+,18-,19-,20?,22-,23+,24?/m1/s1. The van der Waals surface area contributed by atoms with Gasteiger partial charge in [0.05, 0.1) is 17.0 Å². The molecule has 0 amide bonds. The number of hydrogen-bond acceptors (Lipinski definition) is 6. The van der Waals surface area contributed by atoms with Crippen LogP contribution in [0.2, 0.25) is 0 Å². The van der Waals surface area contributed by atoms with Crippen LogP contribution in [0.25, 0.3) is 0 Å². The molecular weight excluding hydrogens is 400 g/mol. The molecule has 174 valence electrons. The fraction of sp³-hybridized carbons (Fsp3) is 0.958. The molecule has 0 heterocycles. The third kappa shape index (κ3) is 3.79. The number of ether oxygens (including phenoxy) is 3. The van der Waals surface area contributed by atoms with Crippen LogP contribution in [0.3, 0.4) is 0 Å². The first-order chi connectivity index (χ1) is 14.2. The van der Waals surface area contributed by atoms with Gasteiger partial charge in [0.25, 0.3) is 0 Å². The van der Waals surface area contributed by atoms with Crippen molar-refractivity contribution in [1.82, 2.24) is 0 Å². The SMILES string of the molecule is COCO[C@@H]1C[C@@](C)(SCCCO)C(=O)[C@H](C)C23CC[C@@H](C)[C@]1(C)C2[C@H](OC)CC3. The molecule has 0 saturated heterocycles. The number of rotatable bonds is 8. The zero-order valence-electron chi connectivity index (χ0n) is 19.7. The quantitative estimate of drug-likeness (QED) is 0.446. The first-order valence-electron chi connectivity index (χ1n) is 11.6. The van der Waals surface area contributed by atoms with Gasteiger partial charge in [-0.3, -0.25) is 4.79 Å². The number of hydrogen-bond donors (Lipinski definition) is 1. The van der Waals surface area contributed by atoms with Crippen LogP contribution in [0.4, 0.5) is 0 Å². The van der Waals surface area contributed by atoms with Crippen molar-refractivity contribution in [3.63, 3.8) is 0 Å². The second-order valence-electron chi connectivity index (χ2n) is 10.3. The van der Waals surface area contributed by atoms with Crippen LogP contribution < -0.4 is 0 Å². The number of aliphatic hydroxyl groups is 1. The van der Waals surface area contributed by atoms with Crippen LogP contribution in [0.1, 0.15) is 66.2 Å². The second kappa shape index (κ2) is 9.38. The lowest BCUT2D eigenvalue weighted by Gasteiger charge is -2.62. The molecule has 0 aromatic rings. The molecule has 30 heavy (non-hydrogen) atoms. The maximum atomic E-state index is 14.0. The third-order valence-electron chi connectivity index (χ3n) is 9.12. The average molecular weight is 443 g/mol. The van der Waals surface area contributed by atoms with Crippen LogP contribution in [-0.2, 0) is 19.0 Å². The van der Waals surface area contributed by atoms with Crippen molar-refractivity contribution in [2.24, 2.45) is 28.6 Å². The minimum Gasteiger partial charge on any atom is -0.396 e. The Kier molecular flexibility index (Phi) is 7.66. The zero-order chi connectivity index (χ0) is 22.2. The first kappa shape index (κ1) is 24.5. The Labute approximate surface area is 187 Å². The van der Waals surface area contributed by atoms with Crippen LogP contribution in [-0.4, -0.2) is 61.2 Å². The fourth-order valence-corrected chi connectivity index (χ4v) is 8.57. The van der Waals surface area contributed by atoms with Gasteiger partial charge >= 0.3 is 0 Å². The van der Waals surface area contributed by atoms with Crippen LogP contribution >= 0.6 is 11.8 Å². The summed E-state index contributed by atoms with van der Waals surface area (Å²) >= 11 is 1.71. The van der Waals surface area contributed by atoms with E-state index in [1.54, 1.807) is 18.9 Å². The highest BCUT2D eigenvalue weighted by molar-refractivity contribution is 8.01. The molecule has 0 radical (unpaired) electrons. The molecule has 3 fully saturated rings. The first-order valence-corrected chi connectivity index (χ1v) is 12.6. The van der Waals surface area contributed by atoms with Crippen molar-refractivity contribution < 1.29 is 24.1 Å². The van der Waals surface area contributed by atoms with Gasteiger partial charge in [-0.2, -0.15) is 0 Å². The topological polar surface area (TPSA) is 65.0 Å². The van der Waals surface area contributed by atoms with Crippen LogP contribution in [0.15, 0.2) is 0 Å². The molecule has 0 aromatic heterocycles. The highest BCUT2D eigenvalue weighted by atomic mass is 32.2. The lowest BCUT2D eigenvalue weighted by atomic mass is 9.45. The van der Waals surface area contributed by atoms with E-state index in [2.05, 4.69) is 27.7 Å². The highest BCUT2D eigenvalue weighted by Gasteiger charge is 2.68. The molecule has 0 spiro atoms. The van der Waals surface area contributed by atoms with E-state index in [0.717, 1.165) is 31.4 Å². The summed E-state index contributed by atoms with van der Waals surface area (Å²) in [5.41, 5.74) is -0.103. The lowest BCUT2D eigenvalue weighted by Crippen LogP contribution is -2.63. The number of carbonyl (C=O) groups is 1. The average Bonchev–Trinajstić information content (AvgIpc) is 3.13. The van der Waals surface area contributed by atoms with Gasteiger partial charge in [-0.25, -0.2) is 0 Å². The number of aliphatic hydroxyl groups excluding tert-OH is 1. The van der Waals surface area contributed by atoms with Crippen molar-refractivity contribution in [3.05, 3.63) is 0 Å². The second-order valence-corrected chi connectivity index (χ2v) is 11.9. The summed E-state index contributed by atoms with van der Waals surface area (Å²) in [4.78, 5) is 14.0. The Morgan fingerprint density at radius 1 is 1.17 bits per heavy atom. The normalized spacial score (nSPS) is 46.4. The summed E-state index contributed by atoms with van der Waals surface area (Å²) in [6, 6.07) is 0. The molecule has 3 rings (SSSR count). The van der Waals surface area contributed by atoms with E-state index in [-0.39, 0.29) is 42.4 Å². The summed E-state index contributed by atoms with van der Waals surface area (Å²) in [6.07, 6.45) is 5.78. The van der Waals surface area contributed by atoms with Gasteiger partial charge in [0, 0.05) is 32.2 Å². The summed E-state index contributed by atoms with van der Waals surface area (Å²) in [5.74, 6) is 1.94. The molecule has 8 atom stereocenters. The van der Waals surface area contributed by atoms with Gasteiger partial charge in [0.2, 0.25) is 0 Å². The van der Waals surface area contributed by atoms with Crippen molar-refractivity contribution >= 4 is 17.5 Å². The molecule has 6 heteroatoms. The molecule has 0 aromatic carbocycles. The van der Waals surface area contributed by atoms with Crippen molar-refractivity contribution in [3.8, 4) is 0 Å². The zero-order valence-corrected chi connectivity index (χ0v) is 20.6. The predicted molar refractivity (Wildman–Crippen MR) is 121 cm³/mol. The number of thioether (sulfide) groups is 1. The Hall–Kier alpha value is -0.140. The van der Waals surface area contributed by atoms with Crippen molar-refractivity contribution in [2.75, 3.05) is 33.4 Å². The molecule has 1 N–H and O–H groups in total. The van der Waals surface area contributed by atoms with Crippen LogP contribution in [0, 0.1) is 28.6 Å². The van der Waals surface area contributed by atoms with E-state index in [9.17, 15) is 9.90 Å². The van der Waals surface area contributed by atoms with Gasteiger partial charge < -0.3 is 19.3 Å². The molecule has 5 nitrogen and oxygen atoms in total. The minimum absolute atomic E-state index is 0.00415. The van der Waals surface area contributed by atoms with Gasteiger partial charge in [0.15, 0.2) is 5.78 Å². The Balaban J connectivity index is 2.11. The monoisotopic (exact) mass is 442 g/mol. The molecule has 2 unspecified atom stereocenters. The van der Waals surface area contributed by atoms with Crippen molar-refractivity contribution in [1.29, 1.82) is 0 Å². The largest absolute Gasteiger partial charge is 0.396 e. The Morgan fingerprint density at radius 2 is 1.87 bits per heavy atom. The van der Waals surface area contributed by atoms with Crippen LogP contribution in [0.5, 0.6) is 0 Å². The van der Waals surface area contributed by atoms with E-state index in [4.69, 9.17) is 14.2 Å². The molecule has 3 aliphatic rings. The number of Topliss-reactive ketones (excluding diaryl/α,β-unsaturated/α-hetero) is 1. The third-order valence-corrected chi connectivity index (χ3v) is 10.6. The number of methoxy groups -OCH3 is 2. The maximum absolute atomic E-state index is 14.0. The fourth-order valence-electron chi connectivity index (χ4n) is 7.25. The summed E-state index contributed by atoms with van der Waals surface area (Å²) in [5, 5.41) is 9.30. The van der Waals surface area contributed by atoms with E-state index in [0.29, 0.717) is 30.5 Å². The van der Waals surface area contributed by atoms with E-state index in [1.165, 1.54) is 0 Å². The van der Waals surface area contributed by atoms with Gasteiger partial charge in [-0.05, 0) is 68.5 Å². The summed E-state index contributed by atoms with van der Waals surface area (Å²) in [6.45, 7) is 9.46. The molecule has 3 saturated carbocycles. The summed E-state index contributed by atoms with van der Waals surface area (Å²) in [7, 11) is 3.49. The lowest BCUT2D eigenvalue weighted by molar-refractivity contribution is -0.211. The van der Waals surface area contributed by atoms with Gasteiger partial charge in [-0.15, -0.1) is 11.8 Å². The highest BCUT2D eigenvalue weighted by Crippen LogP contribution is 2.68. The number of ketones is 1. The predicted octanol–water partition coefficient (Wildman–Crippen LogP) is 4.31. The molecule has 0 aliphatic heterocycles. The molecular formula is C24H42O5S. The van der Waals surface area contributed by atoms with E-state index >= 15 is 0 Å². The van der Waals surface area contributed by atoms with Gasteiger partial charge in [0.1, 0.15) is 6.79 Å². The van der Waals surface area contributed by atoms with E-state index < -0.39 is 4.75 Å². The van der Waals surface area contributed by atoms with Crippen molar-refractivity contribution in [2.45, 2.75) is 83.2 Å². The number of carbonyl (C=O) groups excluding carboxylic acids is 1. The van der Waals surface area contributed by atoms with Gasteiger partial charge in [-0.1, -0.05) is 20.8 Å². The minimum atomic E-state index is -0.519. The van der Waals surface area contributed by atoms with E-state index in [1.807, 2.05) is 7.11 Å². The summed E-state index contributed by atoms with van der Waals surface area (Å²) < 4.78 is 17.3. The molecule has 2 bridgehead atoms. The smallest absolute Gasteiger partial charge is 0.152 e.